The molecule has 6 nitrogen and oxygen atoms in total. The maximum atomic E-state index is 11.2. The third-order valence-electron chi connectivity index (χ3n) is 2.11. The maximum absolute atomic E-state index is 11.2. The molecule has 1 aromatic heterocycles. The molecule has 1 rings (SSSR count). The first-order valence-corrected chi connectivity index (χ1v) is 4.84. The number of nitrogens with zero attached hydrogens (tertiary/aromatic N) is 3. The van der Waals surface area contributed by atoms with Gasteiger partial charge in [0.05, 0.1) is 5.69 Å². The second kappa shape index (κ2) is 4.79. The largest absolute Gasteiger partial charge is 0.351 e. The van der Waals surface area contributed by atoms with Crippen LogP contribution in [0.25, 0.3) is 0 Å². The molecule has 0 aliphatic heterocycles. The van der Waals surface area contributed by atoms with Crippen molar-refractivity contribution >= 4 is 11.8 Å². The fourth-order valence-electron chi connectivity index (χ4n) is 1.44. The van der Waals surface area contributed by atoms with E-state index in [0.717, 1.165) is 5.69 Å². The Labute approximate surface area is 88.8 Å². The highest BCUT2D eigenvalue weighted by atomic mass is 16.2. The fraction of sp³-hybridized carbons (Fsp3) is 0.556. The summed E-state index contributed by atoms with van der Waals surface area (Å²) in [7, 11) is 1.78. The van der Waals surface area contributed by atoms with Gasteiger partial charge in [-0.05, 0) is 19.9 Å². The van der Waals surface area contributed by atoms with Gasteiger partial charge in [0.2, 0.25) is 0 Å². The zero-order valence-corrected chi connectivity index (χ0v) is 9.10. The minimum atomic E-state index is -0.480. The van der Waals surface area contributed by atoms with E-state index in [1.165, 1.54) is 4.90 Å². The van der Waals surface area contributed by atoms with Crippen LogP contribution in [-0.4, -0.2) is 28.9 Å². The van der Waals surface area contributed by atoms with Gasteiger partial charge in [0.1, 0.15) is 5.82 Å². The van der Waals surface area contributed by atoms with Crippen molar-refractivity contribution < 1.29 is 4.79 Å². The van der Waals surface area contributed by atoms with Gasteiger partial charge in [0.25, 0.3) is 0 Å². The number of aryl methyl sites for hydroxylation is 2. The Kier molecular flexibility index (Phi) is 3.68. The molecule has 84 valence electrons. The summed E-state index contributed by atoms with van der Waals surface area (Å²) < 4.78 is 1.64. The summed E-state index contributed by atoms with van der Waals surface area (Å²) >= 11 is 0. The van der Waals surface area contributed by atoms with Crippen molar-refractivity contribution in [1.29, 1.82) is 0 Å². The summed E-state index contributed by atoms with van der Waals surface area (Å²) in [5.41, 5.74) is 11.5. The van der Waals surface area contributed by atoms with Gasteiger partial charge in [-0.2, -0.15) is 5.10 Å². The molecule has 1 heterocycles. The Hall–Kier alpha value is -1.56. The van der Waals surface area contributed by atoms with Crippen molar-refractivity contribution in [3.05, 3.63) is 11.8 Å². The van der Waals surface area contributed by atoms with Crippen LogP contribution in [0.5, 0.6) is 0 Å². The highest BCUT2D eigenvalue weighted by Gasteiger charge is 2.15. The average Bonchev–Trinajstić information content (AvgIpc) is 2.46. The Balaban J connectivity index is 2.88. The van der Waals surface area contributed by atoms with Crippen molar-refractivity contribution in [3.63, 3.8) is 0 Å². The predicted molar refractivity (Wildman–Crippen MR) is 58.5 cm³/mol. The quantitative estimate of drug-likeness (QED) is 0.732. The summed E-state index contributed by atoms with van der Waals surface area (Å²) in [6.07, 6.45) is 0.715. The molecule has 0 saturated heterocycles. The molecule has 0 aliphatic rings. The average molecular weight is 211 g/mol. The molecule has 0 unspecified atom stereocenters. The number of urea groups is 1. The van der Waals surface area contributed by atoms with Crippen molar-refractivity contribution in [2.45, 2.75) is 13.3 Å². The zero-order valence-electron chi connectivity index (χ0n) is 9.10. The van der Waals surface area contributed by atoms with Crippen LogP contribution in [0.3, 0.4) is 0 Å². The number of hydrogen-bond acceptors (Lipinski definition) is 3. The van der Waals surface area contributed by atoms with E-state index in [2.05, 4.69) is 5.10 Å². The van der Waals surface area contributed by atoms with Gasteiger partial charge in [-0.15, -0.1) is 0 Å². The van der Waals surface area contributed by atoms with Crippen molar-refractivity contribution in [3.8, 4) is 0 Å². The summed E-state index contributed by atoms with van der Waals surface area (Å²) in [5, 5.41) is 4.16. The Morgan fingerprint density at radius 1 is 1.67 bits per heavy atom. The van der Waals surface area contributed by atoms with Crippen LogP contribution < -0.4 is 16.4 Å². The molecule has 2 amide bonds. The minimum absolute atomic E-state index is 0.480. The van der Waals surface area contributed by atoms with Crippen LogP contribution in [0.15, 0.2) is 6.07 Å². The molecule has 0 bridgehead atoms. The summed E-state index contributed by atoms with van der Waals surface area (Å²) in [5.74, 6) is 0.702. The maximum Gasteiger partial charge on any atom is 0.320 e. The van der Waals surface area contributed by atoms with Gasteiger partial charge in [-0.3, -0.25) is 9.58 Å². The highest BCUT2D eigenvalue weighted by Crippen LogP contribution is 2.14. The summed E-state index contributed by atoms with van der Waals surface area (Å²) in [6.45, 7) is 2.91. The third kappa shape index (κ3) is 2.69. The molecule has 0 fully saturated rings. The topological polar surface area (TPSA) is 90.2 Å². The lowest BCUT2D eigenvalue weighted by Gasteiger charge is -2.19. The predicted octanol–water partition coefficient (Wildman–Crippen LogP) is -0.0376. The van der Waals surface area contributed by atoms with Gasteiger partial charge >= 0.3 is 6.03 Å². The van der Waals surface area contributed by atoms with E-state index in [1.54, 1.807) is 11.7 Å². The number of rotatable bonds is 4. The van der Waals surface area contributed by atoms with E-state index >= 15 is 0 Å². The lowest BCUT2D eigenvalue weighted by Crippen LogP contribution is -2.38. The first-order chi connectivity index (χ1) is 7.06. The van der Waals surface area contributed by atoms with Crippen LogP contribution in [0.2, 0.25) is 0 Å². The van der Waals surface area contributed by atoms with E-state index < -0.39 is 6.03 Å². The van der Waals surface area contributed by atoms with Crippen LogP contribution in [0, 0.1) is 6.92 Å². The van der Waals surface area contributed by atoms with Gasteiger partial charge < -0.3 is 11.5 Å². The van der Waals surface area contributed by atoms with Crippen LogP contribution in [-0.2, 0) is 7.05 Å². The molecule has 15 heavy (non-hydrogen) atoms. The fourth-order valence-corrected chi connectivity index (χ4v) is 1.44. The molecule has 0 atom stereocenters. The van der Waals surface area contributed by atoms with E-state index in [9.17, 15) is 4.79 Å². The molecule has 0 aromatic carbocycles. The highest BCUT2D eigenvalue weighted by molar-refractivity contribution is 5.89. The van der Waals surface area contributed by atoms with Crippen molar-refractivity contribution in [2.75, 3.05) is 18.0 Å². The monoisotopic (exact) mass is 211 g/mol. The minimum Gasteiger partial charge on any atom is -0.351 e. The van der Waals surface area contributed by atoms with Crippen LogP contribution in [0.1, 0.15) is 12.1 Å². The van der Waals surface area contributed by atoms with Crippen LogP contribution >= 0.6 is 0 Å². The smallest absolute Gasteiger partial charge is 0.320 e. The number of anilines is 1. The summed E-state index contributed by atoms with van der Waals surface area (Å²) in [4.78, 5) is 12.7. The Bertz CT molecular complexity index is 346. The Morgan fingerprint density at radius 3 is 2.73 bits per heavy atom. The Morgan fingerprint density at radius 2 is 2.33 bits per heavy atom. The third-order valence-corrected chi connectivity index (χ3v) is 2.11. The molecular weight excluding hydrogens is 194 g/mol. The van der Waals surface area contributed by atoms with E-state index in [0.29, 0.717) is 25.3 Å². The van der Waals surface area contributed by atoms with Gasteiger partial charge in [0, 0.05) is 19.7 Å². The molecular formula is C9H17N5O. The number of aromatic nitrogens is 2. The zero-order chi connectivity index (χ0) is 11.4. The number of carbonyl (C=O) groups excluding carboxylic acids is 1. The first-order valence-electron chi connectivity index (χ1n) is 4.84. The first kappa shape index (κ1) is 11.5. The molecule has 0 radical (unpaired) electrons. The molecule has 1 aromatic rings. The molecule has 6 heteroatoms. The lowest BCUT2D eigenvalue weighted by molar-refractivity contribution is 0.253. The SMILES string of the molecule is Cc1cc(N(CCCN)C(N)=O)n(C)n1. The van der Waals surface area contributed by atoms with Gasteiger partial charge in [0.15, 0.2) is 0 Å². The van der Waals surface area contributed by atoms with Crippen LogP contribution in [0.4, 0.5) is 10.6 Å². The molecule has 0 spiro atoms. The summed E-state index contributed by atoms with van der Waals surface area (Å²) in [6, 6.07) is 1.34. The van der Waals surface area contributed by atoms with E-state index in [1.807, 2.05) is 13.0 Å². The van der Waals surface area contributed by atoms with Crippen molar-refractivity contribution in [2.24, 2.45) is 18.5 Å². The molecule has 0 aliphatic carbocycles. The van der Waals surface area contributed by atoms with E-state index in [-0.39, 0.29) is 0 Å². The number of primary amides is 1. The second-order valence-corrected chi connectivity index (χ2v) is 3.40. The number of nitrogens with two attached hydrogens (primary N) is 2. The number of carbonyl (C=O) groups is 1. The lowest BCUT2D eigenvalue weighted by atomic mass is 10.3. The van der Waals surface area contributed by atoms with E-state index in [4.69, 9.17) is 11.5 Å². The standard InChI is InChI=1S/C9H17N5O/c1-7-6-8(13(2)12-7)14(9(11)15)5-3-4-10/h6H,3-5,10H2,1-2H3,(H2,11,15). The number of hydrogen-bond donors (Lipinski definition) is 2. The van der Waals surface area contributed by atoms with Gasteiger partial charge in [-0.1, -0.05) is 0 Å². The number of amides is 2. The molecule has 4 N–H and O–H groups in total. The van der Waals surface area contributed by atoms with Gasteiger partial charge in [-0.25, -0.2) is 4.79 Å². The normalized spacial score (nSPS) is 10.3. The second-order valence-electron chi connectivity index (χ2n) is 3.40. The van der Waals surface area contributed by atoms with Crippen molar-refractivity contribution in [1.82, 2.24) is 9.78 Å². The molecule has 0 saturated carbocycles.